The molecule has 1 N–H and O–H groups in total. The number of nitrogens with zero attached hydrogens (tertiary/aromatic N) is 2. The lowest BCUT2D eigenvalue weighted by atomic mass is 10.5. The van der Waals surface area contributed by atoms with Crippen LogP contribution < -0.4 is 5.43 Å². The Morgan fingerprint density at radius 1 is 1.89 bits per heavy atom. The number of hydrogen-bond acceptors (Lipinski definition) is 3. The van der Waals surface area contributed by atoms with Gasteiger partial charge in [-0.1, -0.05) is 12.2 Å². The number of hydrogen-bond donors (Lipinski definition) is 2. The van der Waals surface area contributed by atoms with Crippen LogP contribution in [-0.2, 0) is 0 Å². The van der Waals surface area contributed by atoms with E-state index in [1.165, 1.54) is 0 Å². The van der Waals surface area contributed by atoms with Crippen molar-refractivity contribution >= 4 is 35.4 Å². The summed E-state index contributed by atoms with van der Waals surface area (Å²) < 4.78 is 0.453. The second kappa shape index (κ2) is 3.03. The van der Waals surface area contributed by atoms with Gasteiger partial charge in [0.2, 0.25) is 0 Å². The van der Waals surface area contributed by atoms with Crippen molar-refractivity contribution in [3.05, 3.63) is 0 Å². The lowest BCUT2D eigenvalue weighted by molar-refractivity contribution is 0.280. The number of hydrazone groups is 1. The molecule has 0 amide bonds. The Balaban J connectivity index is 2.28. The Bertz CT molecular complexity index is 145. The van der Waals surface area contributed by atoms with Gasteiger partial charge < -0.3 is 0 Å². The van der Waals surface area contributed by atoms with Crippen molar-refractivity contribution in [2.75, 3.05) is 6.54 Å². The van der Waals surface area contributed by atoms with Gasteiger partial charge >= 0.3 is 0 Å². The molecule has 0 aromatic rings. The monoisotopic (exact) mass is 161 g/mol. The van der Waals surface area contributed by atoms with Crippen LogP contribution in [-0.4, -0.2) is 22.2 Å². The normalized spacial score (nSPS) is 16.3. The molecule has 0 aromatic heterocycles. The highest BCUT2D eigenvalue weighted by atomic mass is 32.1. The van der Waals surface area contributed by atoms with E-state index in [1.54, 1.807) is 5.12 Å². The van der Waals surface area contributed by atoms with Crippen LogP contribution in [0, 0.1) is 0 Å². The quantitative estimate of drug-likeness (QED) is 0.430. The zero-order chi connectivity index (χ0) is 6.69. The summed E-state index contributed by atoms with van der Waals surface area (Å²) in [5.74, 6) is 0. The third-order valence-electron chi connectivity index (χ3n) is 0.916. The van der Waals surface area contributed by atoms with E-state index in [2.05, 4.69) is 35.4 Å². The van der Waals surface area contributed by atoms with E-state index in [0.717, 1.165) is 13.0 Å². The van der Waals surface area contributed by atoms with Gasteiger partial charge in [0.25, 0.3) is 0 Å². The number of hydrazine groups is 1. The number of thiocarbonyl (C=S) groups is 1. The first-order valence-electron chi connectivity index (χ1n) is 2.58. The fourth-order valence-electron chi connectivity index (χ4n) is 0.589. The summed E-state index contributed by atoms with van der Waals surface area (Å²) in [5.41, 5.74) is 2.77. The molecule has 1 rings (SSSR count). The largest absolute Gasteiger partial charge is 0.267 e. The second-order valence-electron chi connectivity index (χ2n) is 1.63. The molecule has 0 radical (unpaired) electrons. The lowest BCUT2D eigenvalue weighted by Gasteiger charge is -2.13. The Labute approximate surface area is 64.5 Å². The highest BCUT2D eigenvalue weighted by Gasteiger charge is 2.03. The Morgan fingerprint density at radius 2 is 2.67 bits per heavy atom. The Kier molecular flexibility index (Phi) is 2.29. The highest BCUT2D eigenvalue weighted by molar-refractivity contribution is 8.11. The summed E-state index contributed by atoms with van der Waals surface area (Å²) >= 11 is 8.55. The zero-order valence-corrected chi connectivity index (χ0v) is 6.45. The van der Waals surface area contributed by atoms with Crippen LogP contribution in [0.15, 0.2) is 5.10 Å². The predicted molar refractivity (Wildman–Crippen MR) is 44.5 cm³/mol. The first-order chi connectivity index (χ1) is 4.29. The number of nitrogens with one attached hydrogen (secondary N) is 1. The minimum absolute atomic E-state index is 0.453. The van der Waals surface area contributed by atoms with Crippen molar-refractivity contribution in [1.82, 2.24) is 10.5 Å². The van der Waals surface area contributed by atoms with E-state index in [9.17, 15) is 0 Å². The van der Waals surface area contributed by atoms with E-state index in [1.807, 2.05) is 6.21 Å². The molecule has 0 aromatic carbocycles. The van der Waals surface area contributed by atoms with Crippen LogP contribution in [0.4, 0.5) is 0 Å². The van der Waals surface area contributed by atoms with Crippen molar-refractivity contribution in [2.45, 2.75) is 6.42 Å². The lowest BCUT2D eigenvalue weighted by Crippen LogP contribution is -2.33. The smallest absolute Gasteiger partial charge is 0.150 e. The van der Waals surface area contributed by atoms with Crippen LogP contribution in [0.3, 0.4) is 0 Å². The molecule has 0 bridgehead atoms. The molecule has 0 aliphatic carbocycles. The molecule has 0 saturated carbocycles. The van der Waals surface area contributed by atoms with E-state index < -0.39 is 0 Å². The van der Waals surface area contributed by atoms with Gasteiger partial charge in [-0.05, 0) is 0 Å². The van der Waals surface area contributed by atoms with E-state index in [0.29, 0.717) is 4.32 Å². The third kappa shape index (κ3) is 2.19. The van der Waals surface area contributed by atoms with Gasteiger partial charge in [-0.2, -0.15) is 5.10 Å². The molecule has 50 valence electrons. The van der Waals surface area contributed by atoms with Crippen molar-refractivity contribution in [3.8, 4) is 0 Å². The molecule has 0 unspecified atom stereocenters. The van der Waals surface area contributed by atoms with Crippen molar-refractivity contribution < 1.29 is 0 Å². The second-order valence-corrected chi connectivity index (χ2v) is 2.78. The van der Waals surface area contributed by atoms with Crippen LogP contribution in [0.2, 0.25) is 0 Å². The molecule has 0 spiro atoms. The summed E-state index contributed by atoms with van der Waals surface area (Å²) in [4.78, 5) is 0. The fraction of sp³-hybridized carbons (Fsp3) is 0.500. The van der Waals surface area contributed by atoms with Gasteiger partial charge in [0.05, 0.1) is 6.54 Å². The van der Waals surface area contributed by atoms with Gasteiger partial charge in [0.15, 0.2) is 4.32 Å². The van der Waals surface area contributed by atoms with Gasteiger partial charge in [-0.15, -0.1) is 12.6 Å². The van der Waals surface area contributed by atoms with Gasteiger partial charge in [-0.3, -0.25) is 5.43 Å². The van der Waals surface area contributed by atoms with E-state index in [-0.39, 0.29) is 0 Å². The minimum Gasteiger partial charge on any atom is -0.267 e. The summed E-state index contributed by atoms with van der Waals surface area (Å²) in [7, 11) is 0. The fourth-order valence-corrected chi connectivity index (χ4v) is 0.810. The Hall–Kier alpha value is -0.290. The molecule has 1 heterocycles. The molecule has 1 aliphatic heterocycles. The maximum Gasteiger partial charge on any atom is 0.150 e. The molecule has 3 nitrogen and oxygen atoms in total. The van der Waals surface area contributed by atoms with E-state index in [4.69, 9.17) is 0 Å². The van der Waals surface area contributed by atoms with Crippen molar-refractivity contribution in [3.63, 3.8) is 0 Å². The van der Waals surface area contributed by atoms with Crippen LogP contribution in [0.25, 0.3) is 0 Å². The molecule has 0 fully saturated rings. The highest BCUT2D eigenvalue weighted by Crippen LogP contribution is 1.95. The molecule has 0 atom stereocenters. The summed E-state index contributed by atoms with van der Waals surface area (Å²) in [5, 5.41) is 5.60. The summed E-state index contributed by atoms with van der Waals surface area (Å²) in [6.45, 7) is 0.876. The van der Waals surface area contributed by atoms with Crippen LogP contribution >= 0.6 is 24.8 Å². The van der Waals surface area contributed by atoms with E-state index >= 15 is 0 Å². The van der Waals surface area contributed by atoms with Gasteiger partial charge in [0, 0.05) is 12.6 Å². The maximum absolute atomic E-state index is 4.67. The number of rotatable bonds is 1. The average molecular weight is 161 g/mol. The maximum atomic E-state index is 4.67. The van der Waals surface area contributed by atoms with Gasteiger partial charge in [-0.25, -0.2) is 5.12 Å². The van der Waals surface area contributed by atoms with Crippen LogP contribution in [0.1, 0.15) is 6.42 Å². The standard InChI is InChI=1S/C4H7N3S2/c8-4(9)6-7-3-1-2-5-7/h2H,1,3H2,(H2,6,8,9). The summed E-state index contributed by atoms with van der Waals surface area (Å²) in [6.07, 6.45) is 2.81. The minimum atomic E-state index is 0.453. The first kappa shape index (κ1) is 6.82. The molecule has 5 heteroatoms. The molecular weight excluding hydrogens is 154 g/mol. The molecule has 1 aliphatic rings. The average Bonchev–Trinajstić information content (AvgIpc) is 2.15. The van der Waals surface area contributed by atoms with Gasteiger partial charge in [0.1, 0.15) is 0 Å². The third-order valence-corrected chi connectivity index (χ3v) is 1.11. The molecular formula is C4H7N3S2. The summed E-state index contributed by atoms with van der Waals surface area (Å²) in [6, 6.07) is 0. The van der Waals surface area contributed by atoms with Crippen molar-refractivity contribution in [2.24, 2.45) is 5.10 Å². The van der Waals surface area contributed by atoms with Crippen LogP contribution in [0.5, 0.6) is 0 Å². The predicted octanol–water partition coefficient (Wildman–Crippen LogP) is 0.397. The SMILES string of the molecule is S=C(S)NN1CCC=N1. The Morgan fingerprint density at radius 3 is 3.11 bits per heavy atom. The first-order valence-corrected chi connectivity index (χ1v) is 3.44. The molecule has 9 heavy (non-hydrogen) atoms. The topological polar surface area (TPSA) is 27.6 Å². The van der Waals surface area contributed by atoms with Crippen molar-refractivity contribution in [1.29, 1.82) is 0 Å². The zero-order valence-electron chi connectivity index (χ0n) is 4.74. The number of thiol groups is 1. The molecule has 0 saturated heterocycles.